The third kappa shape index (κ3) is 3.74. The molecule has 1 amide bonds. The fourth-order valence-electron chi connectivity index (χ4n) is 1.60. The molecule has 0 fully saturated rings. The van der Waals surface area contributed by atoms with Crippen LogP contribution in [-0.4, -0.2) is 22.7 Å². The highest BCUT2D eigenvalue weighted by Gasteiger charge is 2.09. The highest BCUT2D eigenvalue weighted by Crippen LogP contribution is 2.27. The molecule has 1 heterocycles. The van der Waals surface area contributed by atoms with E-state index in [-0.39, 0.29) is 12.5 Å². The van der Waals surface area contributed by atoms with Crippen molar-refractivity contribution >= 4 is 39.3 Å². The van der Waals surface area contributed by atoms with Gasteiger partial charge in [-0.3, -0.25) is 9.89 Å². The third-order valence-corrected chi connectivity index (χ3v) is 3.40. The number of ether oxygens (including phenoxy) is 1. The second-order valence-corrected chi connectivity index (χ2v) is 5.36. The van der Waals surface area contributed by atoms with Crippen LogP contribution in [0.25, 0.3) is 0 Å². The van der Waals surface area contributed by atoms with Gasteiger partial charge in [0.1, 0.15) is 11.6 Å². The maximum Gasteiger partial charge on any atom is 0.263 e. The lowest BCUT2D eigenvalue weighted by molar-refractivity contribution is -0.118. The van der Waals surface area contributed by atoms with Crippen molar-refractivity contribution in [1.29, 1.82) is 0 Å². The SMILES string of the molecule is CCc1cn[nH]c1NC(=O)COc1ccc(Br)cc1Cl. The lowest BCUT2D eigenvalue weighted by Crippen LogP contribution is -2.21. The molecule has 5 nitrogen and oxygen atoms in total. The predicted octanol–water partition coefficient (Wildman–Crippen LogP) is 3.41. The van der Waals surface area contributed by atoms with Gasteiger partial charge in [0, 0.05) is 10.0 Å². The molecule has 2 rings (SSSR count). The van der Waals surface area contributed by atoms with Gasteiger partial charge in [0.2, 0.25) is 0 Å². The van der Waals surface area contributed by atoms with E-state index in [0.717, 1.165) is 16.5 Å². The minimum atomic E-state index is -0.275. The highest BCUT2D eigenvalue weighted by atomic mass is 79.9. The zero-order valence-electron chi connectivity index (χ0n) is 10.7. The Bertz CT molecular complexity index is 615. The monoisotopic (exact) mass is 357 g/mol. The molecule has 7 heteroatoms. The Hall–Kier alpha value is -1.53. The number of halogens is 2. The molecule has 0 atom stereocenters. The summed E-state index contributed by atoms with van der Waals surface area (Å²) in [5.74, 6) is 0.788. The highest BCUT2D eigenvalue weighted by molar-refractivity contribution is 9.10. The minimum absolute atomic E-state index is 0.122. The number of amides is 1. The van der Waals surface area contributed by atoms with Crippen molar-refractivity contribution in [3.8, 4) is 5.75 Å². The summed E-state index contributed by atoms with van der Waals surface area (Å²) in [5, 5.41) is 9.77. The molecule has 2 N–H and O–H groups in total. The number of carbonyl (C=O) groups excluding carboxylic acids is 1. The normalized spacial score (nSPS) is 10.3. The number of H-pyrrole nitrogens is 1. The number of aromatic amines is 1. The number of nitrogens with zero attached hydrogens (tertiary/aromatic N) is 1. The first-order chi connectivity index (χ1) is 9.60. The minimum Gasteiger partial charge on any atom is -0.482 e. The molecule has 0 aliphatic heterocycles. The second-order valence-electron chi connectivity index (χ2n) is 4.04. The van der Waals surface area contributed by atoms with Crippen LogP contribution in [0.2, 0.25) is 5.02 Å². The van der Waals surface area contributed by atoms with Gasteiger partial charge < -0.3 is 10.1 Å². The van der Waals surface area contributed by atoms with Crippen molar-refractivity contribution in [2.24, 2.45) is 0 Å². The molecule has 0 saturated heterocycles. The zero-order chi connectivity index (χ0) is 14.5. The average Bonchev–Trinajstić information content (AvgIpc) is 2.85. The van der Waals surface area contributed by atoms with Gasteiger partial charge >= 0.3 is 0 Å². The fraction of sp³-hybridized carbons (Fsp3) is 0.231. The molecule has 0 bridgehead atoms. The average molecular weight is 359 g/mol. The summed E-state index contributed by atoms with van der Waals surface area (Å²) in [6, 6.07) is 5.20. The molecular weight excluding hydrogens is 346 g/mol. The molecule has 0 spiro atoms. The van der Waals surface area contributed by atoms with Crippen molar-refractivity contribution in [3.05, 3.63) is 39.5 Å². The Labute approximate surface area is 129 Å². The number of hydrogen-bond acceptors (Lipinski definition) is 3. The van der Waals surface area contributed by atoms with Crippen LogP contribution in [0.5, 0.6) is 5.75 Å². The number of carbonyl (C=O) groups is 1. The Balaban J connectivity index is 1.92. The van der Waals surface area contributed by atoms with Crippen LogP contribution >= 0.6 is 27.5 Å². The van der Waals surface area contributed by atoms with Gasteiger partial charge in [-0.25, -0.2) is 0 Å². The zero-order valence-corrected chi connectivity index (χ0v) is 13.1. The summed E-state index contributed by atoms with van der Waals surface area (Å²) in [5.41, 5.74) is 0.944. The molecule has 0 aliphatic carbocycles. The predicted molar refractivity (Wildman–Crippen MR) is 81.2 cm³/mol. The van der Waals surface area contributed by atoms with E-state index in [0.29, 0.717) is 16.6 Å². The van der Waals surface area contributed by atoms with Gasteiger partial charge in [0.25, 0.3) is 5.91 Å². The number of aryl methyl sites for hydroxylation is 1. The number of nitrogens with one attached hydrogen (secondary N) is 2. The third-order valence-electron chi connectivity index (χ3n) is 2.62. The van der Waals surface area contributed by atoms with Crippen molar-refractivity contribution in [3.63, 3.8) is 0 Å². The van der Waals surface area contributed by atoms with Crippen LogP contribution in [0.4, 0.5) is 5.82 Å². The topological polar surface area (TPSA) is 67.0 Å². The lowest BCUT2D eigenvalue weighted by atomic mass is 10.2. The van der Waals surface area contributed by atoms with E-state index in [1.54, 1.807) is 24.4 Å². The van der Waals surface area contributed by atoms with Crippen molar-refractivity contribution in [2.45, 2.75) is 13.3 Å². The summed E-state index contributed by atoms with van der Waals surface area (Å²) in [7, 11) is 0. The first-order valence-corrected chi connectivity index (χ1v) is 7.17. The Kier molecular flexibility index (Phi) is 5.03. The first kappa shape index (κ1) is 14.9. The maximum atomic E-state index is 11.8. The van der Waals surface area contributed by atoms with Gasteiger partial charge in [-0.2, -0.15) is 5.10 Å². The van der Waals surface area contributed by atoms with E-state index in [9.17, 15) is 4.79 Å². The summed E-state index contributed by atoms with van der Waals surface area (Å²) in [6.45, 7) is 1.86. The number of anilines is 1. The van der Waals surface area contributed by atoms with E-state index < -0.39 is 0 Å². The summed E-state index contributed by atoms with van der Waals surface area (Å²) >= 11 is 9.30. The summed E-state index contributed by atoms with van der Waals surface area (Å²) in [6.07, 6.45) is 2.47. The van der Waals surface area contributed by atoms with Crippen LogP contribution in [-0.2, 0) is 11.2 Å². The Morgan fingerprint density at radius 1 is 1.55 bits per heavy atom. The molecule has 0 saturated carbocycles. The fourth-order valence-corrected chi connectivity index (χ4v) is 2.33. The first-order valence-electron chi connectivity index (χ1n) is 6.00. The van der Waals surface area contributed by atoms with Crippen molar-refractivity contribution < 1.29 is 9.53 Å². The number of aromatic nitrogens is 2. The molecule has 1 aromatic carbocycles. The van der Waals surface area contributed by atoms with Gasteiger partial charge in [-0.15, -0.1) is 0 Å². The molecule has 0 aliphatic rings. The number of hydrogen-bond donors (Lipinski definition) is 2. The standard InChI is InChI=1S/C13H13BrClN3O2/c1-2-8-6-16-18-13(8)17-12(19)7-20-11-4-3-9(14)5-10(11)15/h3-6H,2,7H2,1H3,(H2,16,17,18,19). The van der Waals surface area contributed by atoms with Crippen LogP contribution in [0, 0.1) is 0 Å². The van der Waals surface area contributed by atoms with E-state index in [4.69, 9.17) is 16.3 Å². The Morgan fingerprint density at radius 2 is 2.35 bits per heavy atom. The van der Waals surface area contributed by atoms with Crippen LogP contribution in [0.1, 0.15) is 12.5 Å². The number of rotatable bonds is 5. The Morgan fingerprint density at radius 3 is 3.05 bits per heavy atom. The van der Waals surface area contributed by atoms with E-state index >= 15 is 0 Å². The summed E-state index contributed by atoms with van der Waals surface area (Å²) < 4.78 is 6.23. The van der Waals surface area contributed by atoms with Gasteiger partial charge in [0.15, 0.2) is 6.61 Å². The lowest BCUT2D eigenvalue weighted by Gasteiger charge is -2.08. The molecule has 2 aromatic rings. The molecule has 20 heavy (non-hydrogen) atoms. The molecule has 0 radical (unpaired) electrons. The van der Waals surface area contributed by atoms with Crippen LogP contribution in [0.15, 0.2) is 28.9 Å². The molecule has 1 aromatic heterocycles. The molecular formula is C13H13BrClN3O2. The largest absolute Gasteiger partial charge is 0.482 e. The van der Waals surface area contributed by atoms with Gasteiger partial charge in [0.05, 0.1) is 11.2 Å². The second kappa shape index (κ2) is 6.76. The van der Waals surface area contributed by atoms with E-state index in [1.165, 1.54) is 0 Å². The maximum absolute atomic E-state index is 11.8. The summed E-state index contributed by atoms with van der Waals surface area (Å²) in [4.78, 5) is 11.8. The van der Waals surface area contributed by atoms with Gasteiger partial charge in [-0.1, -0.05) is 34.5 Å². The smallest absolute Gasteiger partial charge is 0.263 e. The van der Waals surface area contributed by atoms with Crippen molar-refractivity contribution in [1.82, 2.24) is 10.2 Å². The number of benzene rings is 1. The van der Waals surface area contributed by atoms with E-state index in [2.05, 4.69) is 31.4 Å². The van der Waals surface area contributed by atoms with Crippen LogP contribution < -0.4 is 10.1 Å². The van der Waals surface area contributed by atoms with Crippen molar-refractivity contribution in [2.75, 3.05) is 11.9 Å². The van der Waals surface area contributed by atoms with E-state index in [1.807, 2.05) is 6.92 Å². The molecule has 0 unspecified atom stereocenters. The van der Waals surface area contributed by atoms with Gasteiger partial charge in [-0.05, 0) is 24.6 Å². The molecule has 106 valence electrons. The quantitative estimate of drug-likeness (QED) is 0.861. The van der Waals surface area contributed by atoms with Crippen LogP contribution in [0.3, 0.4) is 0 Å².